The molecule has 1 amide bonds. The standard InChI is InChI=1S/C25H20FNO4/c26-22-15-17(16-9-12-19(13-10-16)31-18-5-2-1-3-6-18)11-14-23(22)27-24(28)20-7-4-8-21(20)25(29)30/h1-3,5-6,9-15H,4,7-8H2,(H,27,28)(H,29,30). The highest BCUT2D eigenvalue weighted by atomic mass is 19.1. The lowest BCUT2D eigenvalue weighted by Gasteiger charge is -2.10. The van der Waals surface area contributed by atoms with E-state index in [1.807, 2.05) is 42.5 Å². The largest absolute Gasteiger partial charge is 0.478 e. The molecule has 0 bridgehead atoms. The van der Waals surface area contributed by atoms with E-state index in [4.69, 9.17) is 4.74 Å². The van der Waals surface area contributed by atoms with Gasteiger partial charge in [-0.2, -0.15) is 0 Å². The third-order valence-corrected chi connectivity index (χ3v) is 5.13. The molecule has 0 spiro atoms. The number of carbonyl (C=O) groups excluding carboxylic acids is 1. The normalized spacial score (nSPS) is 13.2. The molecule has 5 nitrogen and oxygen atoms in total. The summed E-state index contributed by atoms with van der Waals surface area (Å²) in [5.74, 6) is -0.865. The molecule has 0 heterocycles. The lowest BCUT2D eigenvalue weighted by atomic mass is 10.0. The minimum absolute atomic E-state index is 0.0157. The molecule has 3 aromatic carbocycles. The summed E-state index contributed by atoms with van der Waals surface area (Å²) < 4.78 is 20.4. The zero-order valence-corrected chi connectivity index (χ0v) is 16.6. The number of amides is 1. The highest BCUT2D eigenvalue weighted by Gasteiger charge is 2.25. The first-order valence-corrected chi connectivity index (χ1v) is 9.91. The maximum absolute atomic E-state index is 14.6. The molecule has 0 saturated heterocycles. The lowest BCUT2D eigenvalue weighted by Crippen LogP contribution is -2.17. The van der Waals surface area contributed by atoms with Crippen LogP contribution in [-0.4, -0.2) is 17.0 Å². The van der Waals surface area contributed by atoms with Gasteiger partial charge in [0, 0.05) is 11.1 Å². The van der Waals surface area contributed by atoms with Crippen molar-refractivity contribution in [2.24, 2.45) is 0 Å². The van der Waals surface area contributed by atoms with Crippen LogP contribution in [0.3, 0.4) is 0 Å². The second-order valence-electron chi connectivity index (χ2n) is 7.20. The van der Waals surface area contributed by atoms with Gasteiger partial charge in [-0.25, -0.2) is 9.18 Å². The van der Waals surface area contributed by atoms with Crippen molar-refractivity contribution < 1.29 is 23.8 Å². The Hall–Kier alpha value is -3.93. The third kappa shape index (κ3) is 4.64. The van der Waals surface area contributed by atoms with Crippen molar-refractivity contribution in [2.45, 2.75) is 19.3 Å². The number of hydrogen-bond acceptors (Lipinski definition) is 3. The topological polar surface area (TPSA) is 75.6 Å². The summed E-state index contributed by atoms with van der Waals surface area (Å²) in [7, 11) is 0. The van der Waals surface area contributed by atoms with Crippen molar-refractivity contribution in [3.05, 3.63) is 89.8 Å². The van der Waals surface area contributed by atoms with Gasteiger partial charge in [-0.05, 0) is 66.8 Å². The summed E-state index contributed by atoms with van der Waals surface area (Å²) in [5, 5.41) is 11.7. The minimum Gasteiger partial charge on any atom is -0.478 e. The molecule has 0 unspecified atom stereocenters. The number of carboxylic acid groups (broad SMARTS) is 1. The zero-order chi connectivity index (χ0) is 21.8. The number of carbonyl (C=O) groups is 2. The molecular formula is C25H20FNO4. The molecule has 0 aliphatic heterocycles. The van der Waals surface area contributed by atoms with Crippen molar-refractivity contribution >= 4 is 17.6 Å². The summed E-state index contributed by atoms with van der Waals surface area (Å²) in [6, 6.07) is 21.2. The Labute approximate surface area is 178 Å². The molecule has 0 radical (unpaired) electrons. The summed E-state index contributed by atoms with van der Waals surface area (Å²) in [6.07, 6.45) is 1.34. The van der Waals surface area contributed by atoms with Gasteiger partial charge in [0.15, 0.2) is 0 Å². The fraction of sp³-hybridized carbons (Fsp3) is 0.120. The van der Waals surface area contributed by atoms with Gasteiger partial charge in [-0.1, -0.05) is 36.4 Å². The molecule has 1 aliphatic carbocycles. The molecule has 1 aliphatic rings. The van der Waals surface area contributed by atoms with Gasteiger partial charge < -0.3 is 15.2 Å². The van der Waals surface area contributed by atoms with E-state index in [1.165, 1.54) is 12.1 Å². The Balaban J connectivity index is 1.48. The predicted molar refractivity (Wildman–Crippen MR) is 115 cm³/mol. The second kappa shape index (κ2) is 8.83. The van der Waals surface area contributed by atoms with Crippen LogP contribution in [0.1, 0.15) is 19.3 Å². The van der Waals surface area contributed by atoms with Crippen molar-refractivity contribution in [3.8, 4) is 22.6 Å². The van der Waals surface area contributed by atoms with Gasteiger partial charge in [0.1, 0.15) is 17.3 Å². The second-order valence-corrected chi connectivity index (χ2v) is 7.20. The van der Waals surface area contributed by atoms with E-state index < -0.39 is 17.7 Å². The van der Waals surface area contributed by atoms with E-state index in [0.717, 1.165) is 11.3 Å². The summed E-state index contributed by atoms with van der Waals surface area (Å²) in [6.45, 7) is 0. The average molecular weight is 417 g/mol. The number of aliphatic carboxylic acids is 1. The Morgan fingerprint density at radius 1 is 0.839 bits per heavy atom. The Kier molecular flexibility index (Phi) is 5.80. The van der Waals surface area contributed by atoms with Crippen LogP contribution in [0.2, 0.25) is 0 Å². The van der Waals surface area contributed by atoms with Gasteiger partial charge in [-0.15, -0.1) is 0 Å². The fourth-order valence-electron chi connectivity index (χ4n) is 3.56. The first-order valence-electron chi connectivity index (χ1n) is 9.91. The molecule has 6 heteroatoms. The Morgan fingerprint density at radius 2 is 1.48 bits per heavy atom. The number of rotatable bonds is 6. The van der Waals surface area contributed by atoms with Crippen molar-refractivity contribution in [3.63, 3.8) is 0 Å². The molecule has 0 aromatic heterocycles. The van der Waals surface area contributed by atoms with Gasteiger partial charge in [-0.3, -0.25) is 4.79 Å². The van der Waals surface area contributed by atoms with Gasteiger partial charge in [0.25, 0.3) is 5.91 Å². The fourth-order valence-corrected chi connectivity index (χ4v) is 3.56. The van der Waals surface area contributed by atoms with Crippen LogP contribution in [0.15, 0.2) is 83.9 Å². The maximum atomic E-state index is 14.6. The number of ether oxygens (including phenoxy) is 1. The molecule has 0 atom stereocenters. The highest BCUT2D eigenvalue weighted by Crippen LogP contribution is 2.30. The Morgan fingerprint density at radius 3 is 2.16 bits per heavy atom. The van der Waals surface area contributed by atoms with E-state index in [1.54, 1.807) is 18.2 Å². The van der Waals surface area contributed by atoms with E-state index >= 15 is 0 Å². The number of para-hydroxylation sites is 1. The minimum atomic E-state index is -1.10. The van der Waals surface area contributed by atoms with Crippen LogP contribution in [0, 0.1) is 5.82 Å². The number of hydrogen-bond donors (Lipinski definition) is 2. The smallest absolute Gasteiger partial charge is 0.332 e. The molecular weight excluding hydrogens is 397 g/mol. The van der Waals surface area contributed by atoms with Crippen LogP contribution >= 0.6 is 0 Å². The lowest BCUT2D eigenvalue weighted by molar-refractivity contribution is -0.133. The molecule has 4 rings (SSSR count). The molecule has 2 N–H and O–H groups in total. The monoisotopic (exact) mass is 417 g/mol. The third-order valence-electron chi connectivity index (χ3n) is 5.13. The molecule has 3 aromatic rings. The van der Waals surface area contributed by atoms with Crippen molar-refractivity contribution in [2.75, 3.05) is 5.32 Å². The summed E-state index contributed by atoms with van der Waals surface area (Å²) in [5.41, 5.74) is 1.77. The highest BCUT2D eigenvalue weighted by molar-refractivity contribution is 6.09. The number of carboxylic acids is 1. The SMILES string of the molecule is O=C(O)C1=C(C(=O)Nc2ccc(-c3ccc(Oc4ccccc4)cc3)cc2F)CCC1. The zero-order valence-electron chi connectivity index (χ0n) is 16.6. The van der Waals surface area contributed by atoms with Crippen molar-refractivity contribution in [1.82, 2.24) is 0 Å². The van der Waals surface area contributed by atoms with E-state index in [2.05, 4.69) is 5.32 Å². The molecule has 0 fully saturated rings. The van der Waals surface area contributed by atoms with Crippen molar-refractivity contribution in [1.29, 1.82) is 0 Å². The van der Waals surface area contributed by atoms with Crippen LogP contribution in [-0.2, 0) is 9.59 Å². The van der Waals surface area contributed by atoms with Gasteiger partial charge in [0.05, 0.1) is 5.69 Å². The van der Waals surface area contributed by atoms with Crippen LogP contribution in [0.4, 0.5) is 10.1 Å². The molecule has 156 valence electrons. The number of halogens is 1. The van der Waals surface area contributed by atoms with Crippen LogP contribution < -0.4 is 10.1 Å². The van der Waals surface area contributed by atoms with Gasteiger partial charge >= 0.3 is 5.97 Å². The van der Waals surface area contributed by atoms with Crippen LogP contribution in [0.5, 0.6) is 11.5 Å². The first kappa shape index (κ1) is 20.3. The Bertz CT molecular complexity index is 1150. The number of anilines is 1. The van der Waals surface area contributed by atoms with E-state index in [-0.39, 0.29) is 16.8 Å². The quantitative estimate of drug-likeness (QED) is 0.532. The number of benzene rings is 3. The summed E-state index contributed by atoms with van der Waals surface area (Å²) >= 11 is 0. The van der Waals surface area contributed by atoms with E-state index in [0.29, 0.717) is 30.6 Å². The van der Waals surface area contributed by atoms with Gasteiger partial charge in [0.2, 0.25) is 0 Å². The average Bonchev–Trinajstić information content (AvgIpc) is 3.27. The number of nitrogens with one attached hydrogen (secondary N) is 1. The van der Waals surface area contributed by atoms with Crippen LogP contribution in [0.25, 0.3) is 11.1 Å². The molecule has 0 saturated carbocycles. The first-order chi connectivity index (χ1) is 15.0. The maximum Gasteiger partial charge on any atom is 0.332 e. The summed E-state index contributed by atoms with van der Waals surface area (Å²) in [4.78, 5) is 23.7. The molecule has 31 heavy (non-hydrogen) atoms. The van der Waals surface area contributed by atoms with E-state index in [9.17, 15) is 19.1 Å². The predicted octanol–water partition coefficient (Wildman–Crippen LogP) is 5.79.